The molecule has 3 rings (SSSR count). The van der Waals surface area contributed by atoms with E-state index in [1.54, 1.807) is 33.3 Å². The summed E-state index contributed by atoms with van der Waals surface area (Å²) in [6, 6.07) is 8.99. The number of nitrogens with zero attached hydrogens (tertiary/aromatic N) is 3. The molecule has 126 valence electrons. The number of rotatable bonds is 3. The van der Waals surface area contributed by atoms with Crippen LogP contribution in [0.15, 0.2) is 35.7 Å². The fourth-order valence-electron chi connectivity index (χ4n) is 2.55. The number of aryl methyl sites for hydroxylation is 1. The van der Waals surface area contributed by atoms with Crippen LogP contribution in [0.1, 0.15) is 10.7 Å². The van der Waals surface area contributed by atoms with E-state index in [0.717, 1.165) is 10.7 Å². The molecule has 1 aromatic carbocycles. The predicted molar refractivity (Wildman–Crippen MR) is 91.2 cm³/mol. The Hall–Kier alpha value is -2.41. The van der Waals surface area contributed by atoms with E-state index in [9.17, 15) is 9.59 Å². The number of piperazine rings is 1. The van der Waals surface area contributed by atoms with Gasteiger partial charge in [-0.05, 0) is 19.1 Å². The van der Waals surface area contributed by atoms with Crippen molar-refractivity contribution in [3.63, 3.8) is 0 Å². The lowest BCUT2D eigenvalue weighted by Crippen LogP contribution is -2.51. The second-order valence-corrected chi connectivity index (χ2v) is 6.65. The fraction of sp³-hybridized carbons (Fsp3) is 0.353. The van der Waals surface area contributed by atoms with Crippen LogP contribution in [0.5, 0.6) is 5.75 Å². The molecule has 0 unspecified atom stereocenters. The highest BCUT2D eigenvalue weighted by atomic mass is 32.1. The average molecular weight is 345 g/mol. The van der Waals surface area contributed by atoms with Crippen LogP contribution >= 0.6 is 11.3 Å². The third-order valence-electron chi connectivity index (χ3n) is 3.84. The van der Waals surface area contributed by atoms with Crippen molar-refractivity contribution in [3.8, 4) is 5.75 Å². The smallest absolute Gasteiger partial charge is 0.410 e. The highest BCUT2D eigenvalue weighted by molar-refractivity contribution is 7.09. The first-order chi connectivity index (χ1) is 11.6. The summed E-state index contributed by atoms with van der Waals surface area (Å²) in [6.07, 6.45) is -0.0536. The van der Waals surface area contributed by atoms with Gasteiger partial charge in [0.1, 0.15) is 5.75 Å². The van der Waals surface area contributed by atoms with Crippen LogP contribution in [-0.2, 0) is 11.2 Å². The number of carbonyl (C=O) groups excluding carboxylic acids is 2. The number of hydrogen-bond acceptors (Lipinski definition) is 5. The zero-order valence-corrected chi connectivity index (χ0v) is 14.3. The topological polar surface area (TPSA) is 62.7 Å². The lowest BCUT2D eigenvalue weighted by atomic mass is 10.2. The molecule has 7 heteroatoms. The van der Waals surface area contributed by atoms with Crippen molar-refractivity contribution < 1.29 is 14.3 Å². The van der Waals surface area contributed by atoms with Crippen LogP contribution in [0.4, 0.5) is 4.79 Å². The number of aromatic nitrogens is 1. The van der Waals surface area contributed by atoms with Gasteiger partial charge >= 0.3 is 6.09 Å². The number of benzene rings is 1. The predicted octanol–water partition coefficient (Wildman–Crippen LogP) is 2.34. The van der Waals surface area contributed by atoms with E-state index in [4.69, 9.17) is 4.74 Å². The van der Waals surface area contributed by atoms with E-state index < -0.39 is 0 Å². The Bertz CT molecular complexity index is 709. The Kier molecular flexibility index (Phi) is 5.10. The normalized spacial score (nSPS) is 14.5. The zero-order valence-electron chi connectivity index (χ0n) is 13.5. The molecule has 2 amide bonds. The van der Waals surface area contributed by atoms with Gasteiger partial charge in [0.2, 0.25) is 5.91 Å². The van der Waals surface area contributed by atoms with Crippen molar-refractivity contribution in [1.82, 2.24) is 14.8 Å². The second-order valence-electron chi connectivity index (χ2n) is 5.58. The van der Waals surface area contributed by atoms with Gasteiger partial charge in [-0.15, -0.1) is 11.3 Å². The summed E-state index contributed by atoms with van der Waals surface area (Å²) in [4.78, 5) is 32.2. The Morgan fingerprint density at radius 1 is 1.12 bits per heavy atom. The molecular formula is C17H19N3O3S. The van der Waals surface area contributed by atoms with E-state index in [2.05, 4.69) is 4.98 Å². The minimum absolute atomic E-state index is 0.0522. The van der Waals surface area contributed by atoms with Crippen LogP contribution in [-0.4, -0.2) is 53.0 Å². The van der Waals surface area contributed by atoms with Gasteiger partial charge < -0.3 is 14.5 Å². The Balaban J connectivity index is 1.48. The van der Waals surface area contributed by atoms with Crippen LogP contribution in [0.3, 0.4) is 0 Å². The molecule has 1 aliphatic heterocycles. The van der Waals surface area contributed by atoms with E-state index in [0.29, 0.717) is 38.3 Å². The van der Waals surface area contributed by atoms with Crippen molar-refractivity contribution in [1.29, 1.82) is 0 Å². The average Bonchev–Trinajstić information content (AvgIpc) is 3.00. The minimum atomic E-state index is -0.372. The van der Waals surface area contributed by atoms with E-state index in [1.807, 2.05) is 30.5 Å². The maximum Gasteiger partial charge on any atom is 0.415 e. The molecule has 0 bridgehead atoms. The molecule has 1 saturated heterocycles. The van der Waals surface area contributed by atoms with Crippen LogP contribution < -0.4 is 4.74 Å². The third kappa shape index (κ3) is 4.11. The van der Waals surface area contributed by atoms with Gasteiger partial charge in [-0.1, -0.05) is 18.2 Å². The van der Waals surface area contributed by atoms with Crippen molar-refractivity contribution >= 4 is 23.3 Å². The van der Waals surface area contributed by atoms with Gasteiger partial charge in [0.05, 0.1) is 17.1 Å². The molecule has 1 aliphatic rings. The highest BCUT2D eigenvalue weighted by Gasteiger charge is 2.25. The summed E-state index contributed by atoms with van der Waals surface area (Å²) in [6.45, 7) is 3.93. The first-order valence-corrected chi connectivity index (χ1v) is 8.70. The Labute approximate surface area is 144 Å². The van der Waals surface area contributed by atoms with E-state index in [-0.39, 0.29) is 12.0 Å². The first-order valence-electron chi connectivity index (χ1n) is 7.82. The Morgan fingerprint density at radius 3 is 2.42 bits per heavy atom. The minimum Gasteiger partial charge on any atom is -0.410 e. The van der Waals surface area contributed by atoms with Gasteiger partial charge in [0.15, 0.2) is 0 Å². The van der Waals surface area contributed by atoms with Crippen molar-refractivity contribution in [2.75, 3.05) is 26.2 Å². The largest absolute Gasteiger partial charge is 0.415 e. The summed E-state index contributed by atoms with van der Waals surface area (Å²) in [5.74, 6) is 0.580. The summed E-state index contributed by atoms with van der Waals surface area (Å²) in [5.41, 5.74) is 0.813. The molecule has 24 heavy (non-hydrogen) atoms. The van der Waals surface area contributed by atoms with Gasteiger partial charge in [-0.3, -0.25) is 4.79 Å². The van der Waals surface area contributed by atoms with Crippen molar-refractivity contribution in [2.24, 2.45) is 0 Å². The number of para-hydroxylation sites is 1. The van der Waals surface area contributed by atoms with Crippen LogP contribution in [0.25, 0.3) is 0 Å². The molecule has 6 nitrogen and oxygen atoms in total. The van der Waals surface area contributed by atoms with Gasteiger partial charge in [0.25, 0.3) is 0 Å². The highest BCUT2D eigenvalue weighted by Crippen LogP contribution is 2.13. The standard InChI is InChI=1S/C17H19N3O3S/c1-13-18-14(12-24-13)11-16(21)19-7-9-20(10-8-19)17(22)23-15-5-3-2-4-6-15/h2-6,12H,7-11H2,1H3. The van der Waals surface area contributed by atoms with Crippen molar-refractivity contribution in [2.45, 2.75) is 13.3 Å². The van der Waals surface area contributed by atoms with Crippen LogP contribution in [0, 0.1) is 6.92 Å². The summed E-state index contributed by atoms with van der Waals surface area (Å²) in [5, 5.41) is 2.88. The molecule has 1 fully saturated rings. The number of thiazole rings is 1. The van der Waals surface area contributed by atoms with E-state index >= 15 is 0 Å². The maximum atomic E-state index is 12.3. The first kappa shape index (κ1) is 16.4. The second kappa shape index (κ2) is 7.44. The van der Waals surface area contributed by atoms with E-state index in [1.165, 1.54) is 0 Å². The molecule has 0 radical (unpaired) electrons. The number of hydrogen-bond donors (Lipinski definition) is 0. The fourth-order valence-corrected chi connectivity index (χ4v) is 3.16. The monoisotopic (exact) mass is 345 g/mol. The molecule has 2 heterocycles. The van der Waals surface area contributed by atoms with Crippen molar-refractivity contribution in [3.05, 3.63) is 46.4 Å². The number of ether oxygens (including phenoxy) is 1. The lowest BCUT2D eigenvalue weighted by molar-refractivity contribution is -0.132. The lowest BCUT2D eigenvalue weighted by Gasteiger charge is -2.34. The summed E-state index contributed by atoms with van der Waals surface area (Å²) in [7, 11) is 0. The van der Waals surface area contributed by atoms with Gasteiger partial charge in [-0.2, -0.15) is 0 Å². The molecule has 0 spiro atoms. The molecular weight excluding hydrogens is 326 g/mol. The number of amides is 2. The molecule has 2 aromatic rings. The molecule has 0 saturated carbocycles. The zero-order chi connectivity index (χ0) is 16.9. The summed E-state index contributed by atoms with van der Waals surface area (Å²) < 4.78 is 5.32. The van der Waals surface area contributed by atoms with Crippen LogP contribution in [0.2, 0.25) is 0 Å². The third-order valence-corrected chi connectivity index (χ3v) is 4.66. The molecule has 0 atom stereocenters. The quantitative estimate of drug-likeness (QED) is 0.857. The van der Waals surface area contributed by atoms with Gasteiger partial charge in [-0.25, -0.2) is 9.78 Å². The molecule has 1 aromatic heterocycles. The molecule has 0 N–H and O–H groups in total. The van der Waals surface area contributed by atoms with Gasteiger partial charge in [0, 0.05) is 31.6 Å². The molecule has 0 aliphatic carbocycles. The SMILES string of the molecule is Cc1nc(CC(=O)N2CCN(C(=O)Oc3ccccc3)CC2)cs1. The number of carbonyl (C=O) groups is 2. The maximum absolute atomic E-state index is 12.3. The Morgan fingerprint density at radius 2 is 1.79 bits per heavy atom. The summed E-state index contributed by atoms with van der Waals surface area (Å²) >= 11 is 1.55.